The lowest BCUT2D eigenvalue weighted by Gasteiger charge is -2.28. The highest BCUT2D eigenvalue weighted by molar-refractivity contribution is 6.13. The Hall–Kier alpha value is -1.18. The monoisotopic (exact) mass is 325 g/mol. The van der Waals surface area contributed by atoms with Crippen LogP contribution < -0.4 is 10.5 Å². The Morgan fingerprint density at radius 3 is 2.65 bits per heavy atom. The number of benzene rings is 1. The molecule has 0 aromatic heterocycles. The van der Waals surface area contributed by atoms with Crippen LogP contribution in [0.4, 0.5) is 8.78 Å². The van der Waals surface area contributed by atoms with E-state index in [-0.39, 0.29) is 25.2 Å². The highest BCUT2D eigenvalue weighted by Gasteiger charge is 2.35. The van der Waals surface area contributed by atoms with Gasteiger partial charge in [0.15, 0.2) is 0 Å². The van der Waals surface area contributed by atoms with Crippen molar-refractivity contribution < 1.29 is 23.7 Å². The number of alkyl halides is 2. The van der Waals surface area contributed by atoms with Crippen molar-refractivity contribution in [2.24, 2.45) is 11.7 Å². The predicted molar refractivity (Wildman–Crippen MR) is 83.3 cm³/mol. The molecule has 0 bridgehead atoms. The largest absolute Gasteiger partial charge is 0.493 e. The Labute approximate surface area is 136 Å². The third-order valence-electron chi connectivity index (χ3n) is 4.09. The molecule has 0 aliphatic heterocycles. The number of hydrogen-bond acceptors (Lipinski definition) is 4. The zero-order chi connectivity index (χ0) is 17.1. The van der Waals surface area contributed by atoms with Crippen LogP contribution in [0.5, 0.6) is 5.75 Å². The lowest BCUT2D eigenvalue weighted by Crippen LogP contribution is -2.41. The van der Waals surface area contributed by atoms with Gasteiger partial charge in [0.1, 0.15) is 13.6 Å². The summed E-state index contributed by atoms with van der Waals surface area (Å²) in [5, 5.41) is 19.3. The zero-order valence-corrected chi connectivity index (χ0v) is 12.9. The van der Waals surface area contributed by atoms with Gasteiger partial charge in [-0.25, -0.2) is 8.78 Å². The molecule has 4 nitrogen and oxygen atoms in total. The Balaban J connectivity index is 1.88. The minimum absolute atomic E-state index is 0.0919. The molecule has 2 atom stereocenters. The van der Waals surface area contributed by atoms with Gasteiger partial charge in [0.25, 0.3) is 0 Å². The normalized spacial score (nSPS) is 22.3. The smallest absolute Gasteiger partial charge is 0.248 e. The van der Waals surface area contributed by atoms with Crippen molar-refractivity contribution in [2.45, 2.75) is 49.8 Å². The summed E-state index contributed by atoms with van der Waals surface area (Å²) in [5.41, 5.74) is 3.84. The molecule has 1 aliphatic carbocycles. The van der Waals surface area contributed by atoms with Crippen molar-refractivity contribution in [1.82, 2.24) is 0 Å². The summed E-state index contributed by atoms with van der Waals surface area (Å²) in [7, 11) is 5.27. The summed E-state index contributed by atoms with van der Waals surface area (Å²) in [4.78, 5) is 0. The number of aliphatic hydroxyl groups excluding tert-OH is 1. The minimum Gasteiger partial charge on any atom is -0.493 e. The first-order chi connectivity index (χ1) is 10.6. The summed E-state index contributed by atoms with van der Waals surface area (Å²) < 4.78 is 31.9. The molecule has 2 rings (SSSR count). The van der Waals surface area contributed by atoms with Crippen LogP contribution in [0.25, 0.3) is 0 Å². The van der Waals surface area contributed by atoms with Gasteiger partial charge in [0, 0.05) is 19.3 Å². The fourth-order valence-corrected chi connectivity index (χ4v) is 2.72. The van der Waals surface area contributed by atoms with Crippen molar-refractivity contribution in [3.05, 3.63) is 29.8 Å². The summed E-state index contributed by atoms with van der Waals surface area (Å²) in [6, 6.07) is 6.73. The maximum atomic E-state index is 13.1. The van der Waals surface area contributed by atoms with E-state index < -0.39 is 17.7 Å². The number of ether oxygens (including phenoxy) is 1. The third kappa shape index (κ3) is 6.09. The van der Waals surface area contributed by atoms with Crippen LogP contribution in [-0.2, 0) is 0 Å². The minimum atomic E-state index is -2.54. The number of halogens is 2. The molecule has 4 N–H and O–H groups in total. The fourth-order valence-electron chi connectivity index (χ4n) is 2.72. The van der Waals surface area contributed by atoms with Crippen molar-refractivity contribution in [2.75, 3.05) is 6.61 Å². The van der Waals surface area contributed by atoms with Crippen LogP contribution in [0.1, 0.15) is 43.8 Å². The van der Waals surface area contributed by atoms with Crippen molar-refractivity contribution in [1.29, 1.82) is 0 Å². The van der Waals surface area contributed by atoms with Crippen LogP contribution in [-0.4, -0.2) is 36.2 Å². The van der Waals surface area contributed by atoms with Crippen molar-refractivity contribution in [3.8, 4) is 5.75 Å². The van der Waals surface area contributed by atoms with E-state index in [0.29, 0.717) is 30.8 Å². The van der Waals surface area contributed by atoms with Gasteiger partial charge in [-0.05, 0) is 36.5 Å². The van der Waals surface area contributed by atoms with Gasteiger partial charge < -0.3 is 20.7 Å². The van der Waals surface area contributed by atoms with E-state index in [4.69, 9.17) is 18.3 Å². The maximum Gasteiger partial charge on any atom is 0.248 e. The molecule has 0 spiro atoms. The van der Waals surface area contributed by atoms with E-state index in [1.807, 2.05) is 0 Å². The zero-order valence-electron chi connectivity index (χ0n) is 12.9. The second kappa shape index (κ2) is 7.15. The van der Waals surface area contributed by atoms with Gasteiger partial charge in [-0.15, -0.1) is 0 Å². The third-order valence-corrected chi connectivity index (χ3v) is 4.09. The standard InChI is InChI=1S/C16H22BF2NO3/c17-16(20,22)9-14(21)12-2-1-3-13(8-12)23-10-11-4-6-15(18,19)7-5-11/h1-3,8,11,14,21-22H,4-7,9-10,20H2. The van der Waals surface area contributed by atoms with Gasteiger partial charge in [-0.2, -0.15) is 0 Å². The second-order valence-electron chi connectivity index (χ2n) is 6.39. The van der Waals surface area contributed by atoms with Gasteiger partial charge in [-0.3, -0.25) is 0 Å². The quantitative estimate of drug-likeness (QED) is 0.553. The highest BCUT2D eigenvalue weighted by atomic mass is 19.3. The van der Waals surface area contributed by atoms with Gasteiger partial charge in [0.2, 0.25) is 5.92 Å². The molecule has 2 unspecified atom stereocenters. The number of rotatable bonds is 6. The summed E-state index contributed by atoms with van der Waals surface area (Å²) in [6.07, 6.45) is -0.525. The molecular formula is C16H22BF2NO3. The Morgan fingerprint density at radius 1 is 1.39 bits per heavy atom. The van der Waals surface area contributed by atoms with E-state index in [9.17, 15) is 19.0 Å². The average Bonchev–Trinajstić information content (AvgIpc) is 2.45. The molecule has 7 heteroatoms. The number of hydrogen-bond donors (Lipinski definition) is 3. The number of aliphatic hydroxyl groups is 2. The topological polar surface area (TPSA) is 75.7 Å². The molecule has 2 radical (unpaired) electrons. The van der Waals surface area contributed by atoms with E-state index in [1.54, 1.807) is 24.3 Å². The van der Waals surface area contributed by atoms with E-state index in [2.05, 4.69) is 0 Å². The molecule has 1 aliphatic rings. The van der Waals surface area contributed by atoms with E-state index in [1.165, 1.54) is 0 Å². The van der Waals surface area contributed by atoms with Gasteiger partial charge in [0.05, 0.1) is 18.3 Å². The first-order valence-corrected chi connectivity index (χ1v) is 7.73. The SMILES string of the molecule is [B]C(N)(O)CC(O)c1cccc(OCC2CCC(F)(F)CC2)c1. The summed E-state index contributed by atoms with van der Waals surface area (Å²) >= 11 is 0. The molecule has 0 heterocycles. The van der Waals surface area contributed by atoms with Crippen LogP contribution in [0, 0.1) is 5.92 Å². The highest BCUT2D eigenvalue weighted by Crippen LogP contribution is 2.36. The maximum absolute atomic E-state index is 13.1. The molecular weight excluding hydrogens is 303 g/mol. The van der Waals surface area contributed by atoms with Crippen LogP contribution in [0.3, 0.4) is 0 Å². The van der Waals surface area contributed by atoms with Gasteiger partial charge in [-0.1, -0.05) is 12.1 Å². The second-order valence-corrected chi connectivity index (χ2v) is 6.39. The Morgan fingerprint density at radius 2 is 2.04 bits per heavy atom. The lowest BCUT2D eigenvalue weighted by atomic mass is 9.85. The average molecular weight is 325 g/mol. The van der Waals surface area contributed by atoms with E-state index >= 15 is 0 Å². The molecule has 23 heavy (non-hydrogen) atoms. The van der Waals surface area contributed by atoms with Crippen LogP contribution in [0.2, 0.25) is 0 Å². The fraction of sp³-hybridized carbons (Fsp3) is 0.625. The van der Waals surface area contributed by atoms with E-state index in [0.717, 1.165) is 0 Å². The molecule has 0 saturated heterocycles. The summed E-state index contributed by atoms with van der Waals surface area (Å²) in [6.45, 7) is 0.368. The Kier molecular flexibility index (Phi) is 5.65. The Bertz CT molecular complexity index is 512. The number of nitrogens with two attached hydrogens (primary N) is 1. The van der Waals surface area contributed by atoms with Crippen molar-refractivity contribution >= 4 is 7.85 Å². The molecule has 1 aromatic carbocycles. The van der Waals surface area contributed by atoms with Crippen LogP contribution in [0.15, 0.2) is 24.3 Å². The van der Waals surface area contributed by atoms with Crippen molar-refractivity contribution in [3.63, 3.8) is 0 Å². The summed E-state index contributed by atoms with van der Waals surface area (Å²) in [5.74, 6) is -1.89. The first kappa shape index (κ1) is 18.2. The molecule has 1 fully saturated rings. The van der Waals surface area contributed by atoms with Crippen LogP contribution >= 0.6 is 0 Å². The predicted octanol–water partition coefficient (Wildman–Crippen LogP) is 2.09. The molecule has 1 saturated carbocycles. The van der Waals surface area contributed by atoms with Gasteiger partial charge >= 0.3 is 0 Å². The molecule has 1 aromatic rings. The molecule has 0 amide bonds. The lowest BCUT2D eigenvalue weighted by molar-refractivity contribution is -0.0498. The molecule has 126 valence electrons. The first-order valence-electron chi connectivity index (χ1n) is 7.73.